The Labute approximate surface area is 102 Å². The molecule has 0 amide bonds. The van der Waals surface area contributed by atoms with Gasteiger partial charge in [-0.25, -0.2) is 0 Å². The molecular formula is C12H17Cl2N. The van der Waals surface area contributed by atoms with Crippen LogP contribution in [0.1, 0.15) is 33.1 Å². The summed E-state index contributed by atoms with van der Waals surface area (Å²) in [6.07, 6.45) is 3.62. The molecule has 1 nitrogen and oxygen atoms in total. The molecule has 84 valence electrons. The largest absolute Gasteiger partial charge is 0.381 e. The zero-order chi connectivity index (χ0) is 11.3. The van der Waals surface area contributed by atoms with Crippen LogP contribution in [0.25, 0.3) is 0 Å². The molecule has 0 saturated carbocycles. The molecule has 3 heteroatoms. The molecule has 0 aliphatic rings. The lowest BCUT2D eigenvalue weighted by Gasteiger charge is -2.15. The second-order valence-electron chi connectivity index (χ2n) is 3.81. The zero-order valence-corrected chi connectivity index (χ0v) is 10.7. The molecule has 0 aromatic heterocycles. The van der Waals surface area contributed by atoms with Gasteiger partial charge in [-0.1, -0.05) is 43.0 Å². The van der Waals surface area contributed by atoms with Gasteiger partial charge in [0.25, 0.3) is 0 Å². The zero-order valence-electron chi connectivity index (χ0n) is 9.19. The maximum Gasteiger partial charge on any atom is 0.0652 e. The monoisotopic (exact) mass is 245 g/mol. The predicted octanol–water partition coefficient (Wildman–Crippen LogP) is 4.98. The molecular weight excluding hydrogens is 229 g/mol. The second kappa shape index (κ2) is 6.24. The van der Waals surface area contributed by atoms with E-state index < -0.39 is 0 Å². The standard InChI is InChI=1S/C12H17Cl2N/c1-3-4-5-9(2)15-12-7-6-10(13)8-11(12)14/h6-9,15H,3-5H2,1-2H3. The first kappa shape index (κ1) is 12.7. The fourth-order valence-corrected chi connectivity index (χ4v) is 1.92. The summed E-state index contributed by atoms with van der Waals surface area (Å²) in [5.74, 6) is 0. The number of unbranched alkanes of at least 4 members (excludes halogenated alkanes) is 1. The van der Waals surface area contributed by atoms with Crippen molar-refractivity contribution in [3.63, 3.8) is 0 Å². The Morgan fingerprint density at radius 1 is 1.33 bits per heavy atom. The van der Waals surface area contributed by atoms with E-state index in [2.05, 4.69) is 19.2 Å². The minimum absolute atomic E-state index is 0.448. The van der Waals surface area contributed by atoms with Crippen LogP contribution in [0.3, 0.4) is 0 Å². The highest BCUT2D eigenvalue weighted by atomic mass is 35.5. The quantitative estimate of drug-likeness (QED) is 0.772. The summed E-state index contributed by atoms with van der Waals surface area (Å²) in [4.78, 5) is 0. The molecule has 1 rings (SSSR count). The van der Waals surface area contributed by atoms with Gasteiger partial charge < -0.3 is 5.32 Å². The molecule has 0 saturated heterocycles. The van der Waals surface area contributed by atoms with Crippen LogP contribution < -0.4 is 5.32 Å². The molecule has 0 radical (unpaired) electrons. The number of hydrogen-bond acceptors (Lipinski definition) is 1. The predicted molar refractivity (Wildman–Crippen MR) is 69.1 cm³/mol. The average Bonchev–Trinajstić information content (AvgIpc) is 2.19. The summed E-state index contributed by atoms with van der Waals surface area (Å²) in [6.45, 7) is 4.36. The van der Waals surface area contributed by atoms with E-state index in [1.165, 1.54) is 12.8 Å². The van der Waals surface area contributed by atoms with E-state index >= 15 is 0 Å². The molecule has 0 aliphatic heterocycles. The Morgan fingerprint density at radius 3 is 2.67 bits per heavy atom. The van der Waals surface area contributed by atoms with Gasteiger partial charge in [0.05, 0.1) is 10.7 Å². The van der Waals surface area contributed by atoms with Crippen molar-refractivity contribution in [2.75, 3.05) is 5.32 Å². The van der Waals surface area contributed by atoms with Gasteiger partial charge in [0.2, 0.25) is 0 Å². The molecule has 1 aromatic carbocycles. The normalized spacial score (nSPS) is 12.5. The Balaban J connectivity index is 2.56. The van der Waals surface area contributed by atoms with Gasteiger partial charge in [-0.05, 0) is 31.5 Å². The van der Waals surface area contributed by atoms with Gasteiger partial charge in [-0.2, -0.15) is 0 Å². The van der Waals surface area contributed by atoms with E-state index in [9.17, 15) is 0 Å². The Hall–Kier alpha value is -0.400. The fourth-order valence-electron chi connectivity index (χ4n) is 1.45. The van der Waals surface area contributed by atoms with E-state index in [0.29, 0.717) is 16.1 Å². The number of benzene rings is 1. The number of anilines is 1. The van der Waals surface area contributed by atoms with Crippen LogP contribution in [-0.2, 0) is 0 Å². The molecule has 1 N–H and O–H groups in total. The van der Waals surface area contributed by atoms with Crippen molar-refractivity contribution in [3.05, 3.63) is 28.2 Å². The van der Waals surface area contributed by atoms with E-state index in [0.717, 1.165) is 12.1 Å². The third-order valence-electron chi connectivity index (χ3n) is 2.32. The van der Waals surface area contributed by atoms with E-state index in [1.807, 2.05) is 12.1 Å². The van der Waals surface area contributed by atoms with Crippen molar-refractivity contribution in [1.82, 2.24) is 0 Å². The summed E-state index contributed by atoms with van der Waals surface area (Å²) >= 11 is 11.9. The van der Waals surface area contributed by atoms with Crippen LogP contribution in [0.4, 0.5) is 5.69 Å². The highest BCUT2D eigenvalue weighted by molar-refractivity contribution is 6.36. The maximum atomic E-state index is 6.06. The third-order valence-corrected chi connectivity index (χ3v) is 2.87. The van der Waals surface area contributed by atoms with Crippen LogP contribution in [0.2, 0.25) is 10.0 Å². The van der Waals surface area contributed by atoms with Crippen LogP contribution in [0.15, 0.2) is 18.2 Å². The number of nitrogens with one attached hydrogen (secondary N) is 1. The van der Waals surface area contributed by atoms with E-state index in [4.69, 9.17) is 23.2 Å². The first-order valence-electron chi connectivity index (χ1n) is 5.35. The summed E-state index contributed by atoms with van der Waals surface area (Å²) in [5, 5.41) is 4.74. The maximum absolute atomic E-state index is 6.06. The molecule has 0 aliphatic carbocycles. The van der Waals surface area contributed by atoms with E-state index in [1.54, 1.807) is 6.07 Å². The van der Waals surface area contributed by atoms with Crippen molar-refractivity contribution in [3.8, 4) is 0 Å². The van der Waals surface area contributed by atoms with Gasteiger partial charge in [0.15, 0.2) is 0 Å². The molecule has 0 bridgehead atoms. The minimum Gasteiger partial charge on any atom is -0.381 e. The number of rotatable bonds is 5. The van der Waals surface area contributed by atoms with Gasteiger partial charge in [-0.15, -0.1) is 0 Å². The molecule has 1 atom stereocenters. The Bertz CT molecular complexity index is 312. The van der Waals surface area contributed by atoms with Gasteiger partial charge in [-0.3, -0.25) is 0 Å². The number of hydrogen-bond donors (Lipinski definition) is 1. The van der Waals surface area contributed by atoms with Crippen molar-refractivity contribution in [2.24, 2.45) is 0 Å². The van der Waals surface area contributed by atoms with Crippen LogP contribution in [0.5, 0.6) is 0 Å². The molecule has 0 fully saturated rings. The van der Waals surface area contributed by atoms with Crippen molar-refractivity contribution in [2.45, 2.75) is 39.2 Å². The van der Waals surface area contributed by atoms with Crippen molar-refractivity contribution < 1.29 is 0 Å². The van der Waals surface area contributed by atoms with Gasteiger partial charge >= 0.3 is 0 Å². The molecule has 0 heterocycles. The first-order valence-corrected chi connectivity index (χ1v) is 6.10. The van der Waals surface area contributed by atoms with Crippen molar-refractivity contribution in [1.29, 1.82) is 0 Å². The first-order chi connectivity index (χ1) is 7.13. The molecule has 1 aromatic rings. The fraction of sp³-hybridized carbons (Fsp3) is 0.500. The van der Waals surface area contributed by atoms with Crippen LogP contribution in [0, 0.1) is 0 Å². The second-order valence-corrected chi connectivity index (χ2v) is 4.66. The lowest BCUT2D eigenvalue weighted by atomic mass is 10.1. The van der Waals surface area contributed by atoms with Crippen LogP contribution in [-0.4, -0.2) is 6.04 Å². The highest BCUT2D eigenvalue weighted by Crippen LogP contribution is 2.26. The van der Waals surface area contributed by atoms with Gasteiger partial charge in [0.1, 0.15) is 0 Å². The van der Waals surface area contributed by atoms with Gasteiger partial charge in [0, 0.05) is 11.1 Å². The summed E-state index contributed by atoms with van der Waals surface area (Å²) < 4.78 is 0. The van der Waals surface area contributed by atoms with Crippen molar-refractivity contribution >= 4 is 28.9 Å². The molecule has 1 unspecified atom stereocenters. The topological polar surface area (TPSA) is 12.0 Å². The summed E-state index contributed by atoms with van der Waals surface area (Å²) in [5.41, 5.74) is 0.963. The van der Waals surface area contributed by atoms with E-state index in [-0.39, 0.29) is 0 Å². The SMILES string of the molecule is CCCCC(C)Nc1ccc(Cl)cc1Cl. The Morgan fingerprint density at radius 2 is 2.07 bits per heavy atom. The lowest BCUT2D eigenvalue weighted by Crippen LogP contribution is -2.14. The summed E-state index contributed by atoms with van der Waals surface area (Å²) in [7, 11) is 0. The number of halogens is 2. The lowest BCUT2D eigenvalue weighted by molar-refractivity contribution is 0.645. The smallest absolute Gasteiger partial charge is 0.0652 e. The van der Waals surface area contributed by atoms with Crippen LogP contribution >= 0.6 is 23.2 Å². The third kappa shape index (κ3) is 4.31. The summed E-state index contributed by atoms with van der Waals surface area (Å²) in [6, 6.07) is 5.98. The molecule has 15 heavy (non-hydrogen) atoms. The highest BCUT2D eigenvalue weighted by Gasteiger charge is 2.05. The Kier molecular flexibility index (Phi) is 5.27. The molecule has 0 spiro atoms. The average molecular weight is 246 g/mol. The minimum atomic E-state index is 0.448.